The summed E-state index contributed by atoms with van der Waals surface area (Å²) >= 11 is 0. The van der Waals surface area contributed by atoms with Crippen molar-refractivity contribution in [1.82, 2.24) is 20.4 Å². The normalized spacial score (nSPS) is 28.9. The molecular formula is C21H26F2N4O3. The first-order chi connectivity index (χ1) is 14.3. The molecule has 3 atom stereocenters. The maximum absolute atomic E-state index is 14.3. The Morgan fingerprint density at radius 3 is 2.73 bits per heavy atom. The minimum Gasteiger partial charge on any atom is -0.338 e. The van der Waals surface area contributed by atoms with Crippen LogP contribution in [0.25, 0.3) is 0 Å². The Morgan fingerprint density at radius 1 is 1.23 bits per heavy atom. The molecule has 2 aliphatic heterocycles. The minimum absolute atomic E-state index is 0.200. The number of likely N-dealkylation sites (N-methyl/N-ethyl adjacent to an activating group) is 1. The van der Waals surface area contributed by atoms with Gasteiger partial charge in [0.2, 0.25) is 0 Å². The molecule has 0 radical (unpaired) electrons. The van der Waals surface area contributed by atoms with E-state index in [0.29, 0.717) is 24.9 Å². The van der Waals surface area contributed by atoms with Crippen molar-refractivity contribution in [2.45, 2.75) is 50.1 Å². The Hall–Kier alpha value is -2.71. The van der Waals surface area contributed by atoms with Crippen molar-refractivity contribution in [3.05, 3.63) is 35.4 Å². The molecule has 1 aromatic rings. The minimum atomic E-state index is -0.955. The second-order valence-electron chi connectivity index (χ2n) is 8.41. The zero-order chi connectivity index (χ0) is 21.5. The van der Waals surface area contributed by atoms with Crippen molar-refractivity contribution in [1.29, 1.82) is 0 Å². The number of halogens is 2. The van der Waals surface area contributed by atoms with E-state index in [-0.39, 0.29) is 24.4 Å². The van der Waals surface area contributed by atoms with Gasteiger partial charge in [-0.05, 0) is 38.2 Å². The van der Waals surface area contributed by atoms with Crippen LogP contribution in [-0.2, 0) is 4.79 Å². The first kappa shape index (κ1) is 20.6. The van der Waals surface area contributed by atoms with Crippen molar-refractivity contribution in [2.75, 3.05) is 20.1 Å². The van der Waals surface area contributed by atoms with E-state index in [1.165, 1.54) is 19.2 Å². The van der Waals surface area contributed by atoms with E-state index in [9.17, 15) is 23.2 Å². The summed E-state index contributed by atoms with van der Waals surface area (Å²) in [5.74, 6) is -1.76. The first-order valence-corrected chi connectivity index (χ1v) is 10.4. The highest BCUT2D eigenvalue weighted by Gasteiger charge is 2.56. The number of rotatable bonds is 3. The number of nitrogens with zero attached hydrogens (tertiary/aromatic N) is 2. The summed E-state index contributed by atoms with van der Waals surface area (Å²) in [7, 11) is 1.45. The van der Waals surface area contributed by atoms with E-state index in [2.05, 4.69) is 10.6 Å². The van der Waals surface area contributed by atoms with Crippen molar-refractivity contribution in [3.63, 3.8) is 0 Å². The van der Waals surface area contributed by atoms with Gasteiger partial charge in [-0.1, -0.05) is 12.5 Å². The second-order valence-corrected chi connectivity index (χ2v) is 8.41. The van der Waals surface area contributed by atoms with Crippen LogP contribution in [0.1, 0.15) is 50.1 Å². The fourth-order valence-corrected chi connectivity index (χ4v) is 5.10. The summed E-state index contributed by atoms with van der Waals surface area (Å²) in [6.07, 6.45) is 4.31. The monoisotopic (exact) mass is 420 g/mol. The smallest absolute Gasteiger partial charge is 0.324 e. The van der Waals surface area contributed by atoms with E-state index in [0.717, 1.165) is 36.6 Å². The van der Waals surface area contributed by atoms with Crippen molar-refractivity contribution >= 4 is 18.0 Å². The lowest BCUT2D eigenvalue weighted by Crippen LogP contribution is -2.54. The molecule has 1 aromatic carbocycles. The number of nitrogens with one attached hydrogen (secondary N) is 2. The lowest BCUT2D eigenvalue weighted by atomic mass is 9.86. The number of likely N-dealkylation sites (tertiary alicyclic amines) is 1. The molecule has 5 amide bonds. The summed E-state index contributed by atoms with van der Waals surface area (Å²) < 4.78 is 27.6. The Kier molecular flexibility index (Phi) is 5.38. The third kappa shape index (κ3) is 3.40. The molecular weight excluding hydrogens is 394 g/mol. The molecule has 7 nitrogen and oxygen atoms in total. The van der Waals surface area contributed by atoms with Crippen LogP contribution >= 0.6 is 0 Å². The van der Waals surface area contributed by atoms with Gasteiger partial charge in [-0.15, -0.1) is 0 Å². The molecule has 1 saturated carbocycles. The average Bonchev–Trinajstić information content (AvgIpc) is 3.22. The van der Waals surface area contributed by atoms with Crippen molar-refractivity contribution in [2.24, 2.45) is 5.92 Å². The largest absolute Gasteiger partial charge is 0.338 e. The van der Waals surface area contributed by atoms with E-state index in [4.69, 9.17) is 0 Å². The maximum Gasteiger partial charge on any atom is 0.324 e. The van der Waals surface area contributed by atoms with Gasteiger partial charge in [-0.25, -0.2) is 18.4 Å². The molecule has 3 unspecified atom stereocenters. The number of hydrogen-bond acceptors (Lipinski definition) is 3. The van der Waals surface area contributed by atoms with Crippen LogP contribution in [0.15, 0.2) is 18.2 Å². The molecule has 30 heavy (non-hydrogen) atoms. The molecule has 162 valence electrons. The van der Waals surface area contributed by atoms with Crippen molar-refractivity contribution < 1.29 is 23.2 Å². The van der Waals surface area contributed by atoms with E-state index >= 15 is 0 Å². The van der Waals surface area contributed by atoms with Crippen molar-refractivity contribution in [3.8, 4) is 0 Å². The topological polar surface area (TPSA) is 81.8 Å². The number of piperidine rings is 1. The van der Waals surface area contributed by atoms with Crippen LogP contribution in [0.5, 0.6) is 0 Å². The summed E-state index contributed by atoms with van der Waals surface area (Å²) in [6.45, 7) is 0.718. The van der Waals surface area contributed by atoms with E-state index in [1.807, 2.05) is 0 Å². The van der Waals surface area contributed by atoms with Crippen LogP contribution in [0.2, 0.25) is 0 Å². The van der Waals surface area contributed by atoms with Gasteiger partial charge in [0.1, 0.15) is 17.2 Å². The van der Waals surface area contributed by atoms with Crippen LogP contribution < -0.4 is 10.6 Å². The van der Waals surface area contributed by atoms with Gasteiger partial charge in [-0.3, -0.25) is 9.69 Å². The van der Waals surface area contributed by atoms with Gasteiger partial charge >= 0.3 is 12.1 Å². The quantitative estimate of drug-likeness (QED) is 0.738. The van der Waals surface area contributed by atoms with Gasteiger partial charge in [0.25, 0.3) is 5.91 Å². The predicted octanol–water partition coefficient (Wildman–Crippen LogP) is 2.92. The molecule has 0 aromatic heterocycles. The van der Waals surface area contributed by atoms with Gasteiger partial charge in [0.05, 0.1) is 6.04 Å². The predicted molar refractivity (Wildman–Crippen MR) is 104 cm³/mol. The molecule has 0 bridgehead atoms. The van der Waals surface area contributed by atoms with Crippen LogP contribution in [0.3, 0.4) is 0 Å². The summed E-state index contributed by atoms with van der Waals surface area (Å²) in [4.78, 5) is 40.3. The SMILES string of the molecule is CN1C(=O)NC2(CCCC2CNC(=O)N2CCCCC2c2ccc(F)cc2F)C1=O. The second kappa shape index (κ2) is 7.85. The number of carbonyl (C=O) groups excluding carboxylic acids is 3. The lowest BCUT2D eigenvalue weighted by Gasteiger charge is -2.37. The third-order valence-corrected chi connectivity index (χ3v) is 6.73. The number of carbonyl (C=O) groups is 3. The average molecular weight is 420 g/mol. The van der Waals surface area contributed by atoms with Gasteiger partial charge in [0.15, 0.2) is 0 Å². The third-order valence-electron chi connectivity index (χ3n) is 6.73. The molecule has 3 fully saturated rings. The molecule has 2 heterocycles. The Balaban J connectivity index is 1.46. The number of urea groups is 2. The maximum atomic E-state index is 14.3. The number of amides is 5. The molecule has 3 aliphatic rings. The highest BCUT2D eigenvalue weighted by molar-refractivity contribution is 6.07. The summed E-state index contributed by atoms with van der Waals surface area (Å²) in [5, 5.41) is 5.71. The fraction of sp³-hybridized carbons (Fsp3) is 0.571. The Labute approximate surface area is 173 Å². The standard InChI is InChI=1S/C21H26F2N4O3/c1-26-18(28)21(25-20(26)30)9-4-5-13(21)12-24-19(29)27-10-3-2-6-17(27)15-8-7-14(22)11-16(15)23/h7-8,11,13,17H,2-6,9-10,12H2,1H3,(H,24,29)(H,25,30). The van der Waals surface area contributed by atoms with Gasteiger partial charge in [-0.2, -0.15) is 0 Å². The van der Waals surface area contributed by atoms with Gasteiger partial charge in [0, 0.05) is 37.7 Å². The summed E-state index contributed by atoms with van der Waals surface area (Å²) in [5.41, 5.74) is -0.646. The van der Waals surface area contributed by atoms with Gasteiger partial charge < -0.3 is 15.5 Å². The number of imide groups is 1. The Bertz CT molecular complexity index is 880. The molecule has 4 rings (SSSR count). The molecule has 2 saturated heterocycles. The zero-order valence-corrected chi connectivity index (χ0v) is 16.9. The molecule has 1 aliphatic carbocycles. The van der Waals surface area contributed by atoms with Crippen LogP contribution in [-0.4, -0.2) is 53.4 Å². The zero-order valence-electron chi connectivity index (χ0n) is 16.9. The fourth-order valence-electron chi connectivity index (χ4n) is 5.10. The first-order valence-electron chi connectivity index (χ1n) is 10.4. The highest BCUT2D eigenvalue weighted by Crippen LogP contribution is 2.40. The molecule has 2 N–H and O–H groups in total. The highest BCUT2D eigenvalue weighted by atomic mass is 19.1. The molecule has 1 spiro atoms. The molecule has 9 heteroatoms. The lowest BCUT2D eigenvalue weighted by molar-refractivity contribution is -0.131. The van der Waals surface area contributed by atoms with E-state index in [1.54, 1.807) is 4.90 Å². The number of benzene rings is 1. The van der Waals surface area contributed by atoms with Crippen LogP contribution in [0.4, 0.5) is 18.4 Å². The Morgan fingerprint density at radius 2 is 2.03 bits per heavy atom. The number of hydrogen-bond donors (Lipinski definition) is 2. The summed E-state index contributed by atoms with van der Waals surface area (Å²) in [6, 6.07) is 2.23. The van der Waals surface area contributed by atoms with Crippen LogP contribution in [0, 0.1) is 17.6 Å². The van der Waals surface area contributed by atoms with E-state index < -0.39 is 29.2 Å².